The fraction of sp³-hybridized carbons (Fsp3) is 0.615. The summed E-state index contributed by atoms with van der Waals surface area (Å²) in [5.41, 5.74) is 7.70. The summed E-state index contributed by atoms with van der Waals surface area (Å²) in [5, 5.41) is 0. The highest BCUT2D eigenvalue weighted by atomic mass is 15.3. The van der Waals surface area contributed by atoms with E-state index in [1.807, 2.05) is 6.92 Å². The smallest absolute Gasteiger partial charge is 0.129 e. The molecule has 0 spiro atoms. The largest absolute Gasteiger partial charge is 0.397 e. The quantitative estimate of drug-likeness (QED) is 0.800. The summed E-state index contributed by atoms with van der Waals surface area (Å²) in [4.78, 5) is 9.23. The third-order valence-corrected chi connectivity index (χ3v) is 3.48. The molecule has 1 aliphatic rings. The number of aromatic nitrogens is 1. The zero-order chi connectivity index (χ0) is 12.4. The molecule has 94 valence electrons. The third kappa shape index (κ3) is 2.69. The Kier molecular flexibility index (Phi) is 3.52. The second-order valence-corrected chi connectivity index (χ2v) is 5.06. The highest BCUT2D eigenvalue weighted by Crippen LogP contribution is 2.21. The van der Waals surface area contributed by atoms with E-state index in [1.54, 1.807) is 6.20 Å². The molecule has 17 heavy (non-hydrogen) atoms. The number of hydrogen-bond donors (Lipinski definition) is 1. The van der Waals surface area contributed by atoms with Crippen LogP contribution in [-0.4, -0.2) is 42.6 Å². The third-order valence-electron chi connectivity index (χ3n) is 3.48. The van der Waals surface area contributed by atoms with Gasteiger partial charge in [0.15, 0.2) is 0 Å². The van der Waals surface area contributed by atoms with Gasteiger partial charge in [0.1, 0.15) is 5.82 Å². The highest BCUT2D eigenvalue weighted by Gasteiger charge is 2.20. The van der Waals surface area contributed by atoms with Crippen molar-refractivity contribution in [1.82, 2.24) is 9.88 Å². The molecule has 1 aromatic rings. The van der Waals surface area contributed by atoms with E-state index in [2.05, 4.69) is 34.8 Å². The minimum absolute atomic E-state index is 0.498. The van der Waals surface area contributed by atoms with E-state index in [-0.39, 0.29) is 0 Å². The van der Waals surface area contributed by atoms with Crippen molar-refractivity contribution < 1.29 is 0 Å². The lowest BCUT2D eigenvalue weighted by atomic mass is 10.2. The zero-order valence-electron chi connectivity index (χ0n) is 11.0. The fourth-order valence-electron chi connectivity index (χ4n) is 2.42. The lowest BCUT2D eigenvalue weighted by molar-refractivity contribution is 0.337. The molecule has 0 bridgehead atoms. The molecule has 2 N–H and O–H groups in total. The van der Waals surface area contributed by atoms with Gasteiger partial charge < -0.3 is 15.5 Å². The molecule has 0 saturated carbocycles. The summed E-state index contributed by atoms with van der Waals surface area (Å²) >= 11 is 0. The molecule has 1 atom stereocenters. The van der Waals surface area contributed by atoms with Crippen molar-refractivity contribution >= 4 is 11.5 Å². The van der Waals surface area contributed by atoms with E-state index < -0.39 is 0 Å². The lowest BCUT2D eigenvalue weighted by Crippen LogP contribution is -2.38. The van der Waals surface area contributed by atoms with Crippen LogP contribution >= 0.6 is 0 Å². The van der Waals surface area contributed by atoms with Crippen molar-refractivity contribution in [3.8, 4) is 0 Å². The van der Waals surface area contributed by atoms with E-state index >= 15 is 0 Å². The Labute approximate surface area is 103 Å². The number of nitrogens with two attached hydrogens (primary N) is 1. The predicted octanol–water partition coefficient (Wildman–Crippen LogP) is 1.50. The molecule has 0 radical (unpaired) electrons. The monoisotopic (exact) mass is 234 g/mol. The SMILES string of the molecule is Cc1cc(N2CCCN(C)CC2C)ncc1N. The van der Waals surface area contributed by atoms with Crippen LogP contribution < -0.4 is 10.6 Å². The number of anilines is 2. The molecule has 2 heterocycles. The van der Waals surface area contributed by atoms with Crippen LogP contribution in [0.2, 0.25) is 0 Å². The molecule has 4 nitrogen and oxygen atoms in total. The first-order chi connectivity index (χ1) is 8.08. The molecule has 0 amide bonds. The van der Waals surface area contributed by atoms with Crippen molar-refractivity contribution in [2.24, 2.45) is 0 Å². The molecule has 1 saturated heterocycles. The van der Waals surface area contributed by atoms with Gasteiger partial charge >= 0.3 is 0 Å². The molecule has 1 fully saturated rings. The number of aryl methyl sites for hydroxylation is 1. The summed E-state index contributed by atoms with van der Waals surface area (Å²) in [5.74, 6) is 1.06. The van der Waals surface area contributed by atoms with E-state index in [0.29, 0.717) is 6.04 Å². The maximum Gasteiger partial charge on any atom is 0.129 e. The van der Waals surface area contributed by atoms with E-state index in [9.17, 15) is 0 Å². The summed E-state index contributed by atoms with van der Waals surface area (Å²) in [6.07, 6.45) is 2.96. The summed E-state index contributed by atoms with van der Waals surface area (Å²) in [6, 6.07) is 2.59. The molecular weight excluding hydrogens is 212 g/mol. The van der Waals surface area contributed by atoms with Gasteiger partial charge in [-0.3, -0.25) is 0 Å². The van der Waals surface area contributed by atoms with Gasteiger partial charge in [0.05, 0.1) is 11.9 Å². The van der Waals surface area contributed by atoms with Crippen LogP contribution in [0.3, 0.4) is 0 Å². The van der Waals surface area contributed by atoms with Crippen LogP contribution in [0.25, 0.3) is 0 Å². The second-order valence-electron chi connectivity index (χ2n) is 5.06. The first kappa shape index (κ1) is 12.2. The molecule has 2 rings (SSSR count). The number of rotatable bonds is 1. The normalized spacial score (nSPS) is 22.5. The van der Waals surface area contributed by atoms with Gasteiger partial charge in [0.25, 0.3) is 0 Å². The maximum atomic E-state index is 5.82. The van der Waals surface area contributed by atoms with Crippen molar-refractivity contribution in [3.05, 3.63) is 17.8 Å². The van der Waals surface area contributed by atoms with Gasteiger partial charge in [-0.15, -0.1) is 0 Å². The van der Waals surface area contributed by atoms with Crippen molar-refractivity contribution in [2.75, 3.05) is 37.3 Å². The summed E-state index contributed by atoms with van der Waals surface area (Å²) < 4.78 is 0. The fourth-order valence-corrected chi connectivity index (χ4v) is 2.42. The predicted molar refractivity (Wildman–Crippen MR) is 72.3 cm³/mol. The van der Waals surface area contributed by atoms with Crippen LogP contribution in [0.1, 0.15) is 18.9 Å². The van der Waals surface area contributed by atoms with Gasteiger partial charge in [-0.1, -0.05) is 0 Å². The topological polar surface area (TPSA) is 45.4 Å². The van der Waals surface area contributed by atoms with Crippen molar-refractivity contribution in [2.45, 2.75) is 26.3 Å². The Bertz CT molecular complexity index is 391. The Balaban J connectivity index is 2.22. The summed E-state index contributed by atoms with van der Waals surface area (Å²) in [6.45, 7) is 7.62. The van der Waals surface area contributed by atoms with Crippen LogP contribution in [0, 0.1) is 6.92 Å². The number of pyridine rings is 1. The summed E-state index contributed by atoms with van der Waals surface area (Å²) in [7, 11) is 2.18. The van der Waals surface area contributed by atoms with Gasteiger partial charge in [-0.2, -0.15) is 0 Å². The average molecular weight is 234 g/mol. The maximum absolute atomic E-state index is 5.82. The van der Waals surface area contributed by atoms with Gasteiger partial charge in [-0.25, -0.2) is 4.98 Å². The first-order valence-electron chi connectivity index (χ1n) is 6.25. The highest BCUT2D eigenvalue weighted by molar-refractivity contribution is 5.52. The molecule has 4 heteroatoms. The zero-order valence-corrected chi connectivity index (χ0v) is 11.0. The Hall–Kier alpha value is -1.29. The minimum atomic E-state index is 0.498. The van der Waals surface area contributed by atoms with E-state index in [0.717, 1.165) is 36.7 Å². The Morgan fingerprint density at radius 2 is 2.18 bits per heavy atom. The Morgan fingerprint density at radius 3 is 2.88 bits per heavy atom. The molecule has 0 aliphatic carbocycles. The van der Waals surface area contributed by atoms with Crippen LogP contribution in [0.4, 0.5) is 11.5 Å². The van der Waals surface area contributed by atoms with Crippen LogP contribution in [-0.2, 0) is 0 Å². The van der Waals surface area contributed by atoms with E-state index in [4.69, 9.17) is 5.73 Å². The second kappa shape index (κ2) is 4.92. The standard InChI is InChI=1S/C13H22N4/c1-10-7-13(15-8-12(10)14)17-6-4-5-16(3)9-11(17)2/h7-8,11H,4-6,9,14H2,1-3H3. The number of nitrogens with zero attached hydrogens (tertiary/aromatic N) is 3. The lowest BCUT2D eigenvalue weighted by Gasteiger charge is -2.29. The number of likely N-dealkylation sites (N-methyl/N-ethyl adjacent to an activating group) is 1. The number of hydrogen-bond acceptors (Lipinski definition) is 4. The Morgan fingerprint density at radius 1 is 1.41 bits per heavy atom. The molecule has 1 aromatic heterocycles. The number of nitrogen functional groups attached to an aromatic ring is 1. The van der Waals surface area contributed by atoms with Gasteiger partial charge in [0, 0.05) is 19.1 Å². The van der Waals surface area contributed by atoms with Gasteiger partial charge in [0.2, 0.25) is 0 Å². The van der Waals surface area contributed by atoms with E-state index in [1.165, 1.54) is 6.42 Å². The first-order valence-corrected chi connectivity index (χ1v) is 6.25. The van der Waals surface area contributed by atoms with Crippen LogP contribution in [0.15, 0.2) is 12.3 Å². The molecule has 1 unspecified atom stereocenters. The molecular formula is C13H22N4. The average Bonchev–Trinajstić information content (AvgIpc) is 2.43. The van der Waals surface area contributed by atoms with Crippen molar-refractivity contribution in [3.63, 3.8) is 0 Å². The molecule has 0 aromatic carbocycles. The van der Waals surface area contributed by atoms with Gasteiger partial charge in [-0.05, 0) is 45.5 Å². The molecule has 1 aliphatic heterocycles. The van der Waals surface area contributed by atoms with Crippen LogP contribution in [0.5, 0.6) is 0 Å². The van der Waals surface area contributed by atoms with Crippen molar-refractivity contribution in [1.29, 1.82) is 0 Å². The minimum Gasteiger partial charge on any atom is -0.397 e.